The molecule has 1 amide bonds. The highest BCUT2D eigenvalue weighted by Gasteiger charge is 2.32. The summed E-state index contributed by atoms with van der Waals surface area (Å²) in [5.74, 6) is -1.23. The highest BCUT2D eigenvalue weighted by molar-refractivity contribution is 7.91. The van der Waals surface area contributed by atoms with Crippen molar-refractivity contribution in [1.82, 2.24) is 0 Å². The number of anilines is 1. The molecule has 7 heteroatoms. The van der Waals surface area contributed by atoms with E-state index in [0.717, 1.165) is 12.8 Å². The van der Waals surface area contributed by atoms with E-state index in [1.165, 1.54) is 0 Å². The van der Waals surface area contributed by atoms with Gasteiger partial charge in [0.25, 0.3) is 0 Å². The molecule has 1 atom stereocenters. The van der Waals surface area contributed by atoms with Gasteiger partial charge in [-0.05, 0) is 37.1 Å². The Balaban J connectivity index is 1.90. The summed E-state index contributed by atoms with van der Waals surface area (Å²) in [6.45, 7) is 2.41. The van der Waals surface area contributed by atoms with E-state index >= 15 is 0 Å². The second-order valence-electron chi connectivity index (χ2n) is 5.66. The smallest absolute Gasteiger partial charge is 0.338 e. The van der Waals surface area contributed by atoms with Crippen LogP contribution < -0.4 is 5.32 Å². The summed E-state index contributed by atoms with van der Waals surface area (Å²) in [5, 5.41) is 2.68. The largest absolute Gasteiger partial charge is 0.462 e. The van der Waals surface area contributed by atoms with Gasteiger partial charge >= 0.3 is 5.97 Å². The number of hydrogen-bond acceptors (Lipinski definition) is 5. The minimum absolute atomic E-state index is 0.0631. The van der Waals surface area contributed by atoms with Crippen molar-refractivity contribution in [3.05, 3.63) is 29.8 Å². The number of rotatable bonds is 6. The van der Waals surface area contributed by atoms with Gasteiger partial charge < -0.3 is 10.1 Å². The summed E-state index contributed by atoms with van der Waals surface area (Å²) in [5.41, 5.74) is 0.951. The molecule has 23 heavy (non-hydrogen) atoms. The third-order valence-electron chi connectivity index (χ3n) is 3.72. The van der Waals surface area contributed by atoms with Crippen molar-refractivity contribution in [2.45, 2.75) is 26.2 Å². The molecule has 0 radical (unpaired) electrons. The zero-order valence-corrected chi connectivity index (χ0v) is 13.9. The van der Waals surface area contributed by atoms with Gasteiger partial charge in [-0.3, -0.25) is 4.79 Å². The maximum Gasteiger partial charge on any atom is 0.338 e. The van der Waals surface area contributed by atoms with Gasteiger partial charge in [0.1, 0.15) is 0 Å². The normalized spacial score (nSPS) is 19.3. The van der Waals surface area contributed by atoms with E-state index in [1.54, 1.807) is 24.3 Å². The van der Waals surface area contributed by atoms with E-state index < -0.39 is 21.7 Å². The summed E-state index contributed by atoms with van der Waals surface area (Å²) >= 11 is 0. The van der Waals surface area contributed by atoms with Gasteiger partial charge in [-0.25, -0.2) is 13.2 Å². The highest BCUT2D eigenvalue weighted by Crippen LogP contribution is 2.20. The number of hydrogen-bond donors (Lipinski definition) is 1. The summed E-state index contributed by atoms with van der Waals surface area (Å²) in [4.78, 5) is 23.8. The number of carbonyl (C=O) groups excluding carboxylic acids is 2. The maximum absolute atomic E-state index is 12.0. The first-order chi connectivity index (χ1) is 10.9. The summed E-state index contributed by atoms with van der Waals surface area (Å²) in [7, 11) is -3.08. The molecule has 1 fully saturated rings. The molecule has 1 N–H and O–H groups in total. The molecule has 0 unspecified atom stereocenters. The fourth-order valence-corrected chi connectivity index (χ4v) is 4.07. The molecule has 0 bridgehead atoms. The van der Waals surface area contributed by atoms with E-state index in [4.69, 9.17) is 4.74 Å². The molecule has 0 spiro atoms. The molecule has 6 nitrogen and oxygen atoms in total. The minimum atomic E-state index is -3.08. The molecule has 1 aliphatic heterocycles. The van der Waals surface area contributed by atoms with Crippen LogP contribution >= 0.6 is 0 Å². The molecule has 126 valence electrons. The van der Waals surface area contributed by atoms with Crippen LogP contribution in [0.3, 0.4) is 0 Å². The number of benzene rings is 1. The maximum atomic E-state index is 12.0. The van der Waals surface area contributed by atoms with Crippen molar-refractivity contribution in [1.29, 1.82) is 0 Å². The lowest BCUT2D eigenvalue weighted by molar-refractivity contribution is -0.119. The van der Waals surface area contributed by atoms with Gasteiger partial charge in [-0.15, -0.1) is 0 Å². The number of esters is 1. The number of sulfone groups is 1. The Hall–Kier alpha value is -1.89. The van der Waals surface area contributed by atoms with E-state index in [0.29, 0.717) is 24.3 Å². The molecule has 2 rings (SSSR count). The van der Waals surface area contributed by atoms with Crippen LogP contribution in [0.1, 0.15) is 36.5 Å². The number of carbonyl (C=O) groups is 2. The van der Waals surface area contributed by atoms with Crippen molar-refractivity contribution in [3.63, 3.8) is 0 Å². The fraction of sp³-hybridized carbons (Fsp3) is 0.500. The third-order valence-corrected chi connectivity index (χ3v) is 5.49. The van der Waals surface area contributed by atoms with Crippen LogP contribution in [0.25, 0.3) is 0 Å². The molecule has 1 aromatic rings. The van der Waals surface area contributed by atoms with Crippen molar-refractivity contribution in [3.8, 4) is 0 Å². The molecule has 1 heterocycles. The van der Waals surface area contributed by atoms with Crippen LogP contribution in [0.15, 0.2) is 24.3 Å². The van der Waals surface area contributed by atoms with Crippen molar-refractivity contribution in [2.75, 3.05) is 23.4 Å². The van der Waals surface area contributed by atoms with Crippen molar-refractivity contribution >= 4 is 27.4 Å². The molecule has 0 saturated carbocycles. The fourth-order valence-electron chi connectivity index (χ4n) is 2.33. The lowest BCUT2D eigenvalue weighted by Gasteiger charge is -2.10. The van der Waals surface area contributed by atoms with Crippen LogP contribution in [0, 0.1) is 5.92 Å². The van der Waals surface area contributed by atoms with Gasteiger partial charge in [-0.2, -0.15) is 0 Å². The summed E-state index contributed by atoms with van der Waals surface area (Å²) < 4.78 is 27.9. The van der Waals surface area contributed by atoms with E-state index in [9.17, 15) is 18.0 Å². The second kappa shape index (κ2) is 7.59. The molecule has 0 aliphatic carbocycles. The van der Waals surface area contributed by atoms with Crippen LogP contribution in [0.5, 0.6) is 0 Å². The molecular formula is C16H21NO5S. The van der Waals surface area contributed by atoms with Crippen molar-refractivity contribution in [2.24, 2.45) is 5.92 Å². The van der Waals surface area contributed by atoms with Crippen LogP contribution in [-0.4, -0.2) is 38.4 Å². The van der Waals surface area contributed by atoms with E-state index in [2.05, 4.69) is 5.32 Å². The first kappa shape index (κ1) is 17.5. The predicted molar refractivity (Wildman–Crippen MR) is 87.0 cm³/mol. The Morgan fingerprint density at radius 3 is 2.52 bits per heavy atom. The van der Waals surface area contributed by atoms with Crippen LogP contribution in [0.4, 0.5) is 5.69 Å². The average molecular weight is 339 g/mol. The van der Waals surface area contributed by atoms with E-state index in [-0.39, 0.29) is 17.4 Å². The highest BCUT2D eigenvalue weighted by atomic mass is 32.2. The summed E-state index contributed by atoms with van der Waals surface area (Å²) in [6, 6.07) is 6.38. The van der Waals surface area contributed by atoms with Crippen molar-refractivity contribution < 1.29 is 22.7 Å². The predicted octanol–water partition coefficient (Wildman–Crippen LogP) is 2.02. The van der Waals surface area contributed by atoms with E-state index in [1.807, 2.05) is 6.92 Å². The average Bonchev–Trinajstić information content (AvgIpc) is 2.88. The molecule has 1 aromatic carbocycles. The lowest BCUT2D eigenvalue weighted by atomic mass is 10.1. The SMILES string of the molecule is CCCCOC(=O)c1ccc(NC(=O)[C@@H]2CCS(=O)(=O)C2)cc1. The minimum Gasteiger partial charge on any atom is -0.462 e. The van der Waals surface area contributed by atoms with Gasteiger partial charge in [0.05, 0.1) is 29.6 Å². The Morgan fingerprint density at radius 2 is 1.96 bits per heavy atom. The summed E-state index contributed by atoms with van der Waals surface area (Å²) in [6.07, 6.45) is 2.13. The first-order valence-corrected chi connectivity index (χ1v) is 9.52. The number of amides is 1. The third kappa shape index (κ3) is 5.06. The quantitative estimate of drug-likeness (QED) is 0.632. The molecule has 1 saturated heterocycles. The number of unbranched alkanes of at least 4 members (excludes halogenated alkanes) is 1. The Labute approximate surface area is 136 Å². The van der Waals surface area contributed by atoms with Gasteiger partial charge in [0.2, 0.25) is 5.91 Å². The lowest BCUT2D eigenvalue weighted by Crippen LogP contribution is -2.23. The first-order valence-electron chi connectivity index (χ1n) is 7.70. The monoisotopic (exact) mass is 339 g/mol. The van der Waals surface area contributed by atoms with Crippen LogP contribution in [-0.2, 0) is 19.4 Å². The number of nitrogens with one attached hydrogen (secondary N) is 1. The molecule has 0 aromatic heterocycles. The Kier molecular flexibility index (Phi) is 5.76. The second-order valence-corrected chi connectivity index (χ2v) is 7.88. The van der Waals surface area contributed by atoms with Gasteiger partial charge in [-0.1, -0.05) is 13.3 Å². The van der Waals surface area contributed by atoms with Gasteiger partial charge in [0, 0.05) is 5.69 Å². The molecule has 1 aliphatic rings. The van der Waals surface area contributed by atoms with Crippen LogP contribution in [0.2, 0.25) is 0 Å². The van der Waals surface area contributed by atoms with Gasteiger partial charge in [0.15, 0.2) is 9.84 Å². The Bertz CT molecular complexity index is 666. The Morgan fingerprint density at radius 1 is 1.26 bits per heavy atom. The number of ether oxygens (including phenoxy) is 1. The standard InChI is InChI=1S/C16H21NO5S/c1-2-3-9-22-16(19)12-4-6-14(7-5-12)17-15(18)13-8-10-23(20,21)11-13/h4-7,13H,2-3,8-11H2,1H3,(H,17,18)/t13-/m1/s1. The zero-order chi connectivity index (χ0) is 16.9. The zero-order valence-electron chi connectivity index (χ0n) is 13.1. The molecular weight excluding hydrogens is 318 g/mol. The topological polar surface area (TPSA) is 89.5 Å².